The topological polar surface area (TPSA) is 170 Å². The third-order valence-electron chi connectivity index (χ3n) is 0. The van der Waals surface area contributed by atoms with E-state index in [4.69, 9.17) is 34.3 Å². The van der Waals surface area contributed by atoms with Crippen molar-refractivity contribution < 1.29 is 37.1 Å². The first-order valence-electron chi connectivity index (χ1n) is 1.43. The SMILES string of the molecule is N.O=C(O)O.O=P(O)(O)O.[Ca+2].[H-].[H-]. The maximum Gasteiger partial charge on any atom is 2.00 e. The number of hydrogen-bond donors (Lipinski definition) is 6. The average Bonchev–Trinajstić information content (AvgIpc) is 1.19. The van der Waals surface area contributed by atoms with Gasteiger partial charge in [0.1, 0.15) is 0 Å². The summed E-state index contributed by atoms with van der Waals surface area (Å²) >= 11 is 0. The van der Waals surface area contributed by atoms with Crippen LogP contribution in [0.1, 0.15) is 2.85 Å². The Morgan fingerprint density at radius 2 is 1.18 bits per heavy atom. The van der Waals surface area contributed by atoms with Crippen molar-refractivity contribution >= 4 is 51.7 Å². The summed E-state index contributed by atoms with van der Waals surface area (Å²) < 4.78 is 8.88. The van der Waals surface area contributed by atoms with E-state index in [1.54, 1.807) is 0 Å². The smallest absolute Gasteiger partial charge is 1.00 e. The fourth-order valence-electron chi connectivity index (χ4n) is 0. The molecule has 0 spiro atoms. The Kier molecular flexibility index (Phi) is 21.7. The Morgan fingerprint density at radius 3 is 1.18 bits per heavy atom. The summed E-state index contributed by atoms with van der Waals surface area (Å²) in [5.41, 5.74) is 0. The van der Waals surface area contributed by atoms with Gasteiger partial charge in [-0.15, -0.1) is 0 Å². The van der Waals surface area contributed by atoms with Crippen LogP contribution in [-0.4, -0.2) is 68.8 Å². The number of phosphoric acid groups is 1. The molecule has 0 heterocycles. The minimum Gasteiger partial charge on any atom is -1.00 e. The fourth-order valence-corrected chi connectivity index (χ4v) is 0. The molecule has 0 bridgehead atoms. The zero-order valence-corrected chi connectivity index (χ0v) is 8.52. The van der Waals surface area contributed by atoms with Crippen LogP contribution in [-0.2, 0) is 4.57 Å². The number of carboxylic acid groups (broad SMARTS) is 2. The first-order valence-corrected chi connectivity index (χ1v) is 3.00. The van der Waals surface area contributed by atoms with E-state index in [-0.39, 0.29) is 46.7 Å². The second-order valence-corrected chi connectivity index (χ2v) is 1.82. The molecule has 0 aliphatic heterocycles. The van der Waals surface area contributed by atoms with Gasteiger partial charge >= 0.3 is 51.7 Å². The zero-order chi connectivity index (χ0) is 8.08. The third kappa shape index (κ3) is 2180. The molecule has 68 valence electrons. The van der Waals surface area contributed by atoms with Crippen LogP contribution in [0.3, 0.4) is 0 Å². The van der Waals surface area contributed by atoms with Gasteiger partial charge in [-0.05, 0) is 0 Å². The Hall–Kier alpha value is 0.600. The summed E-state index contributed by atoms with van der Waals surface area (Å²) in [5.74, 6) is 0. The van der Waals surface area contributed by atoms with E-state index < -0.39 is 14.0 Å². The summed E-state index contributed by atoms with van der Waals surface area (Å²) in [6.45, 7) is 0. The van der Waals surface area contributed by atoms with Crippen molar-refractivity contribution in [3.05, 3.63) is 0 Å². The molecule has 10 heteroatoms. The van der Waals surface area contributed by atoms with E-state index in [2.05, 4.69) is 0 Å². The third-order valence-corrected chi connectivity index (χ3v) is 0. The predicted octanol–water partition coefficient (Wildman–Crippen LogP) is -0.700. The molecule has 0 rings (SSSR count). The van der Waals surface area contributed by atoms with E-state index in [0.29, 0.717) is 0 Å². The minimum absolute atomic E-state index is 0. The fraction of sp³-hybridized carbons (Fsp3) is 0. The van der Waals surface area contributed by atoms with E-state index in [0.717, 1.165) is 0 Å². The molecule has 0 radical (unpaired) electrons. The zero-order valence-electron chi connectivity index (χ0n) is 7.41. The molecule has 0 aromatic carbocycles. The second kappa shape index (κ2) is 10.6. The molecular formula is CH10CaNO7P. The Balaban J connectivity index is -0.0000000146. The summed E-state index contributed by atoms with van der Waals surface area (Å²) in [6, 6.07) is 0. The maximum absolute atomic E-state index is 8.88. The summed E-state index contributed by atoms with van der Waals surface area (Å²) in [7, 11) is -4.64. The molecule has 0 saturated heterocycles. The molecule has 0 aliphatic rings. The van der Waals surface area contributed by atoms with Crippen molar-refractivity contribution in [3.63, 3.8) is 0 Å². The predicted molar refractivity (Wildman–Crippen MR) is 37.9 cm³/mol. The van der Waals surface area contributed by atoms with Crippen molar-refractivity contribution in [2.75, 3.05) is 0 Å². The average molecular weight is 219 g/mol. The molecule has 0 atom stereocenters. The van der Waals surface area contributed by atoms with Gasteiger partial charge in [-0.3, -0.25) is 0 Å². The van der Waals surface area contributed by atoms with Crippen molar-refractivity contribution in [2.24, 2.45) is 0 Å². The number of rotatable bonds is 0. The molecule has 0 aromatic heterocycles. The van der Waals surface area contributed by atoms with Crippen LogP contribution in [0.15, 0.2) is 0 Å². The molecule has 8 nitrogen and oxygen atoms in total. The van der Waals surface area contributed by atoms with E-state index in [9.17, 15) is 0 Å². The molecule has 8 N–H and O–H groups in total. The largest absolute Gasteiger partial charge is 2.00 e. The Labute approximate surface area is 94.6 Å². The first kappa shape index (κ1) is 22.6. The van der Waals surface area contributed by atoms with Crippen LogP contribution in [0.4, 0.5) is 4.79 Å². The van der Waals surface area contributed by atoms with E-state index in [1.807, 2.05) is 0 Å². The second-order valence-electron chi connectivity index (χ2n) is 0.796. The summed E-state index contributed by atoms with van der Waals surface area (Å²) in [4.78, 5) is 30.1. The van der Waals surface area contributed by atoms with Crippen LogP contribution in [0.25, 0.3) is 0 Å². The van der Waals surface area contributed by atoms with Gasteiger partial charge in [-0.2, -0.15) is 0 Å². The van der Waals surface area contributed by atoms with Crippen molar-refractivity contribution in [1.29, 1.82) is 0 Å². The summed E-state index contributed by atoms with van der Waals surface area (Å²) in [6.07, 6.45) is -1.83. The number of hydrogen-bond acceptors (Lipinski definition) is 3. The van der Waals surface area contributed by atoms with E-state index in [1.165, 1.54) is 0 Å². The quantitative estimate of drug-likeness (QED) is 0.229. The molecule has 0 aliphatic carbocycles. The molecule has 0 saturated carbocycles. The van der Waals surface area contributed by atoms with Crippen LogP contribution in [0.2, 0.25) is 0 Å². The molecule has 0 aromatic rings. The van der Waals surface area contributed by atoms with Gasteiger partial charge in [-0.25, -0.2) is 9.36 Å². The van der Waals surface area contributed by atoms with Crippen LogP contribution >= 0.6 is 7.82 Å². The first-order chi connectivity index (χ1) is 3.73. The number of carbonyl (C=O) groups is 1. The van der Waals surface area contributed by atoms with Gasteiger partial charge in [0.05, 0.1) is 0 Å². The van der Waals surface area contributed by atoms with E-state index >= 15 is 0 Å². The van der Waals surface area contributed by atoms with Crippen molar-refractivity contribution in [3.8, 4) is 0 Å². The van der Waals surface area contributed by atoms with Crippen molar-refractivity contribution in [2.45, 2.75) is 0 Å². The van der Waals surface area contributed by atoms with Gasteiger partial charge in [-0.1, -0.05) is 0 Å². The maximum atomic E-state index is 8.88. The normalized spacial score (nSPS) is 7.55. The minimum atomic E-state index is -4.64. The Bertz CT molecular complexity index is 126. The van der Waals surface area contributed by atoms with Gasteiger partial charge in [0, 0.05) is 0 Å². The van der Waals surface area contributed by atoms with Gasteiger partial charge in [0.25, 0.3) is 0 Å². The molecule has 11 heavy (non-hydrogen) atoms. The van der Waals surface area contributed by atoms with Gasteiger partial charge in [0.2, 0.25) is 0 Å². The van der Waals surface area contributed by atoms with Crippen LogP contribution in [0.5, 0.6) is 0 Å². The monoisotopic (exact) mass is 219 g/mol. The van der Waals surface area contributed by atoms with Crippen molar-refractivity contribution in [1.82, 2.24) is 6.15 Å². The molecule has 0 unspecified atom stereocenters. The van der Waals surface area contributed by atoms with Crippen LogP contribution in [0, 0.1) is 0 Å². The van der Waals surface area contributed by atoms with Gasteiger partial charge in [0.15, 0.2) is 0 Å². The summed E-state index contributed by atoms with van der Waals surface area (Å²) in [5, 5.41) is 13.9. The Morgan fingerprint density at radius 1 is 1.18 bits per heavy atom. The standard InChI is InChI=1S/CH2O3.Ca.H3N.H3O4P.2H/c2-1(3)4;;;1-5(2,3)4;;/h(H2,2,3,4);;1H3;(H3,1,2,3,4);;/q;+2;;;2*-1. The molecule has 0 amide bonds. The van der Waals surface area contributed by atoms with Crippen LogP contribution < -0.4 is 6.15 Å². The molecule has 0 fully saturated rings. The molecular weight excluding hydrogens is 209 g/mol. The van der Waals surface area contributed by atoms with Gasteiger partial charge < -0.3 is 33.9 Å².